The quantitative estimate of drug-likeness (QED) is 0.361. The molecule has 3 heterocycles. The Morgan fingerprint density at radius 2 is 1.10 bits per heavy atom. The lowest BCUT2D eigenvalue weighted by molar-refractivity contribution is 0.178. The SMILES string of the molecule is Cc1cc2c(O)c(c1)CN(Cc1ccccn1)CCN(Cc1ccccn1)Cc1cc(C)cc(c1O)C=NCCN=C2. The van der Waals surface area contributed by atoms with Crippen LogP contribution in [0.25, 0.3) is 0 Å². The monoisotopic (exact) mass is 562 g/mol. The van der Waals surface area contributed by atoms with Crippen LogP contribution in [0.1, 0.15) is 44.8 Å². The molecule has 2 aromatic heterocycles. The van der Waals surface area contributed by atoms with Gasteiger partial charge in [-0.3, -0.25) is 29.8 Å². The van der Waals surface area contributed by atoms with E-state index in [0.717, 1.165) is 33.6 Å². The molecule has 42 heavy (non-hydrogen) atoms. The number of hydrogen-bond acceptors (Lipinski definition) is 8. The van der Waals surface area contributed by atoms with Crippen molar-refractivity contribution >= 4 is 12.4 Å². The van der Waals surface area contributed by atoms with E-state index in [-0.39, 0.29) is 11.5 Å². The highest BCUT2D eigenvalue weighted by Gasteiger charge is 2.18. The Hall–Kier alpha value is -4.40. The second kappa shape index (κ2) is 14.0. The third kappa shape index (κ3) is 7.87. The summed E-state index contributed by atoms with van der Waals surface area (Å²) in [6.07, 6.45) is 7.07. The van der Waals surface area contributed by atoms with E-state index in [0.29, 0.717) is 63.5 Å². The van der Waals surface area contributed by atoms with Gasteiger partial charge in [0.1, 0.15) is 11.5 Å². The lowest BCUT2D eigenvalue weighted by Gasteiger charge is -2.28. The molecule has 4 aromatic rings. The third-order valence-corrected chi connectivity index (χ3v) is 7.29. The topological polar surface area (TPSA) is 97.4 Å². The average molecular weight is 563 g/mol. The van der Waals surface area contributed by atoms with Gasteiger partial charge in [0.05, 0.1) is 24.5 Å². The molecule has 8 nitrogen and oxygen atoms in total. The number of nitrogens with zero attached hydrogens (tertiary/aromatic N) is 6. The first-order chi connectivity index (χ1) is 20.4. The number of aromatic nitrogens is 2. The van der Waals surface area contributed by atoms with E-state index in [2.05, 4.69) is 29.8 Å². The van der Waals surface area contributed by atoms with Crippen LogP contribution in [0.3, 0.4) is 0 Å². The molecule has 8 heteroatoms. The normalized spacial score (nSPS) is 15.3. The Morgan fingerprint density at radius 1 is 0.643 bits per heavy atom. The number of rotatable bonds is 4. The summed E-state index contributed by atoms with van der Waals surface area (Å²) in [4.78, 5) is 22.8. The molecule has 0 saturated carbocycles. The molecule has 0 radical (unpaired) electrons. The van der Waals surface area contributed by atoms with Crippen molar-refractivity contribution in [3.8, 4) is 11.5 Å². The molecule has 0 amide bonds. The number of aliphatic imine (C=N–C) groups is 2. The van der Waals surface area contributed by atoms with Crippen molar-refractivity contribution in [3.63, 3.8) is 0 Å². The highest BCUT2D eigenvalue weighted by Crippen LogP contribution is 2.27. The molecule has 0 fully saturated rings. The molecule has 0 saturated heterocycles. The molecule has 216 valence electrons. The minimum absolute atomic E-state index is 0.251. The first-order valence-electron chi connectivity index (χ1n) is 14.3. The van der Waals surface area contributed by atoms with Gasteiger partial charge in [-0.25, -0.2) is 0 Å². The maximum absolute atomic E-state index is 11.2. The molecule has 4 bridgehead atoms. The fraction of sp³-hybridized carbons (Fsp3) is 0.294. The standard InChI is InChI=1S/C34H38N6O2/c1-25-15-27-19-35-11-12-36-20-28-16-26(2)18-30(34(28)42)22-40(24-32-8-4-6-10-38-32)14-13-39(21-29(17-25)33(27)41)23-31-7-3-5-9-37-31/h3-10,15-20,41-42H,11-14,21-24H2,1-2H3. The lowest BCUT2D eigenvalue weighted by Crippen LogP contribution is -2.34. The van der Waals surface area contributed by atoms with Crippen molar-refractivity contribution in [2.24, 2.45) is 9.98 Å². The van der Waals surface area contributed by atoms with E-state index in [1.165, 1.54) is 0 Å². The van der Waals surface area contributed by atoms with E-state index < -0.39 is 0 Å². The second-order valence-corrected chi connectivity index (χ2v) is 10.9. The Bertz CT molecular complexity index is 1420. The molecular formula is C34H38N6O2. The summed E-state index contributed by atoms with van der Waals surface area (Å²) in [6, 6.07) is 19.9. The molecule has 0 unspecified atom stereocenters. The van der Waals surface area contributed by atoms with Crippen LogP contribution in [0, 0.1) is 13.8 Å². The summed E-state index contributed by atoms with van der Waals surface area (Å²) in [5.74, 6) is 0.501. The predicted octanol–water partition coefficient (Wildman–Crippen LogP) is 5.06. The zero-order chi connectivity index (χ0) is 29.3. The molecule has 0 aliphatic carbocycles. The molecule has 5 rings (SSSR count). The van der Waals surface area contributed by atoms with E-state index in [9.17, 15) is 10.2 Å². The van der Waals surface area contributed by atoms with Crippen molar-refractivity contribution < 1.29 is 10.2 Å². The fourth-order valence-electron chi connectivity index (χ4n) is 5.28. The molecule has 0 atom stereocenters. The molecule has 1 aliphatic heterocycles. The summed E-state index contributed by atoms with van der Waals surface area (Å²) < 4.78 is 0. The van der Waals surface area contributed by atoms with Crippen LogP contribution in [0.5, 0.6) is 11.5 Å². The van der Waals surface area contributed by atoms with Gasteiger partial charge >= 0.3 is 0 Å². The summed E-state index contributed by atoms with van der Waals surface area (Å²) in [7, 11) is 0. The van der Waals surface area contributed by atoms with Gasteiger partial charge in [0.2, 0.25) is 0 Å². The zero-order valence-corrected chi connectivity index (χ0v) is 24.3. The van der Waals surface area contributed by atoms with Gasteiger partial charge in [-0.15, -0.1) is 0 Å². The summed E-state index contributed by atoms with van der Waals surface area (Å²) in [5.41, 5.74) is 7.16. The number of hydrogen-bond donors (Lipinski definition) is 2. The third-order valence-electron chi connectivity index (χ3n) is 7.29. The van der Waals surface area contributed by atoms with Crippen LogP contribution >= 0.6 is 0 Å². The molecule has 0 spiro atoms. The molecule has 2 N–H and O–H groups in total. The van der Waals surface area contributed by atoms with E-state index in [1.54, 1.807) is 12.4 Å². The number of aromatic hydroxyl groups is 2. The van der Waals surface area contributed by atoms with Crippen LogP contribution in [-0.2, 0) is 26.2 Å². The van der Waals surface area contributed by atoms with E-state index >= 15 is 0 Å². The van der Waals surface area contributed by atoms with Crippen molar-refractivity contribution in [1.82, 2.24) is 19.8 Å². The minimum atomic E-state index is 0.251. The summed E-state index contributed by atoms with van der Waals surface area (Å²) in [5, 5.41) is 22.5. The minimum Gasteiger partial charge on any atom is -0.507 e. The number of benzene rings is 2. The van der Waals surface area contributed by atoms with Gasteiger partial charge in [-0.05, 0) is 61.4 Å². The largest absolute Gasteiger partial charge is 0.507 e. The Kier molecular flexibility index (Phi) is 9.69. The van der Waals surface area contributed by atoms with Crippen molar-refractivity contribution in [2.45, 2.75) is 40.0 Å². The van der Waals surface area contributed by atoms with Crippen molar-refractivity contribution in [2.75, 3.05) is 26.2 Å². The van der Waals surface area contributed by atoms with Crippen LogP contribution in [0.2, 0.25) is 0 Å². The maximum atomic E-state index is 11.2. The summed E-state index contributed by atoms with van der Waals surface area (Å²) in [6.45, 7) is 8.80. The lowest BCUT2D eigenvalue weighted by atomic mass is 10.0. The van der Waals surface area contributed by atoms with Gasteiger partial charge in [0.25, 0.3) is 0 Å². The Labute approximate surface area is 247 Å². The smallest absolute Gasteiger partial charge is 0.128 e. The van der Waals surface area contributed by atoms with Crippen LogP contribution < -0.4 is 0 Å². The maximum Gasteiger partial charge on any atom is 0.128 e. The zero-order valence-electron chi connectivity index (χ0n) is 24.3. The average Bonchev–Trinajstić information content (AvgIpc) is 2.98. The Morgan fingerprint density at radius 3 is 1.50 bits per heavy atom. The van der Waals surface area contributed by atoms with Gasteiger partial charge < -0.3 is 10.2 Å². The van der Waals surface area contributed by atoms with Gasteiger partial charge in [0.15, 0.2) is 0 Å². The van der Waals surface area contributed by atoms with E-state index in [1.807, 2.05) is 86.9 Å². The first-order valence-corrected chi connectivity index (χ1v) is 14.3. The number of phenolic OH excluding ortho intramolecular Hbond substituents is 2. The fourth-order valence-corrected chi connectivity index (χ4v) is 5.28. The van der Waals surface area contributed by atoms with E-state index in [4.69, 9.17) is 0 Å². The van der Waals surface area contributed by atoms with Crippen LogP contribution in [0.15, 0.2) is 83.0 Å². The van der Waals surface area contributed by atoms with Gasteiger partial charge in [-0.2, -0.15) is 0 Å². The highest BCUT2D eigenvalue weighted by molar-refractivity contribution is 5.85. The molecule has 1 aliphatic rings. The first kappa shape index (κ1) is 29.1. The highest BCUT2D eigenvalue weighted by atomic mass is 16.3. The predicted molar refractivity (Wildman–Crippen MR) is 167 cm³/mol. The van der Waals surface area contributed by atoms with Crippen molar-refractivity contribution in [3.05, 3.63) is 118 Å². The molecular weight excluding hydrogens is 524 g/mol. The summed E-state index contributed by atoms with van der Waals surface area (Å²) >= 11 is 0. The van der Waals surface area contributed by atoms with Gasteiger partial charge in [-0.1, -0.05) is 24.3 Å². The van der Waals surface area contributed by atoms with Crippen molar-refractivity contribution in [1.29, 1.82) is 0 Å². The number of pyridine rings is 2. The van der Waals surface area contributed by atoms with Crippen LogP contribution in [0.4, 0.5) is 0 Å². The number of aryl methyl sites for hydroxylation is 2. The number of fused-ring (bicyclic) bond motifs is 4. The Balaban J connectivity index is 1.52. The second-order valence-electron chi connectivity index (χ2n) is 10.9. The van der Waals surface area contributed by atoms with Gasteiger partial charge in [0, 0.05) is 86.3 Å². The van der Waals surface area contributed by atoms with Crippen LogP contribution in [-0.4, -0.2) is 68.6 Å². The number of phenols is 2. The molecule has 2 aromatic carbocycles.